The number of ether oxygens (including phenoxy) is 2. The molecule has 6 heteroatoms. The molecule has 3 nitrogen and oxygen atoms in total. The van der Waals surface area contributed by atoms with Gasteiger partial charge >= 0.3 is 5.97 Å². The lowest BCUT2D eigenvalue weighted by atomic mass is 10.2. The van der Waals surface area contributed by atoms with Crippen molar-refractivity contribution in [1.82, 2.24) is 0 Å². The van der Waals surface area contributed by atoms with Crippen molar-refractivity contribution in [2.75, 3.05) is 0 Å². The lowest BCUT2D eigenvalue weighted by molar-refractivity contribution is -0.134. The fourth-order valence-electron chi connectivity index (χ4n) is 1.86. The number of benzene rings is 2. The summed E-state index contributed by atoms with van der Waals surface area (Å²) in [7, 11) is 0. The van der Waals surface area contributed by atoms with E-state index in [1.165, 1.54) is 6.92 Å². The van der Waals surface area contributed by atoms with Gasteiger partial charge in [-0.25, -0.2) is 8.78 Å². The first kappa shape index (κ1) is 17.2. The monoisotopic (exact) mass is 340 g/mol. The Morgan fingerprint density at radius 2 is 1.91 bits per heavy atom. The third kappa shape index (κ3) is 4.20. The number of aryl methyl sites for hydroxylation is 1. The maximum absolute atomic E-state index is 13.8. The lowest BCUT2D eigenvalue weighted by Gasteiger charge is -2.13. The molecule has 0 unspecified atom stereocenters. The highest BCUT2D eigenvalue weighted by atomic mass is 35.5. The van der Waals surface area contributed by atoms with Crippen LogP contribution < -0.4 is 9.47 Å². The average Bonchev–Trinajstić information content (AvgIpc) is 2.51. The molecule has 0 aromatic heterocycles. The molecule has 0 spiro atoms. The summed E-state index contributed by atoms with van der Waals surface area (Å²) in [4.78, 5) is 11.4. The average molecular weight is 341 g/mol. The van der Waals surface area contributed by atoms with Crippen LogP contribution >= 0.6 is 11.6 Å². The van der Waals surface area contributed by atoms with Crippen molar-refractivity contribution >= 4 is 17.6 Å². The number of carbonyl (C=O) groups excluding carboxylic acids is 1. The predicted molar refractivity (Wildman–Crippen MR) is 82.8 cm³/mol. The number of rotatable bonds is 5. The molecule has 2 aromatic rings. The predicted octanol–water partition coefficient (Wildman–Crippen LogP) is 4.82. The Morgan fingerprint density at radius 1 is 1.17 bits per heavy atom. The van der Waals surface area contributed by atoms with Crippen LogP contribution in [0.2, 0.25) is 5.02 Å². The summed E-state index contributed by atoms with van der Waals surface area (Å²) in [6.07, 6.45) is 0.199. The zero-order valence-electron chi connectivity index (χ0n) is 12.7. The molecular formula is C17H15ClF2O3. The Balaban J connectivity index is 2.23. The van der Waals surface area contributed by atoms with Crippen molar-refractivity contribution in [1.29, 1.82) is 0 Å². The van der Waals surface area contributed by atoms with E-state index in [0.29, 0.717) is 10.6 Å². The Morgan fingerprint density at radius 3 is 2.61 bits per heavy atom. The van der Waals surface area contributed by atoms with Gasteiger partial charge in [0.25, 0.3) is 0 Å². The van der Waals surface area contributed by atoms with Gasteiger partial charge in [-0.1, -0.05) is 24.6 Å². The highest BCUT2D eigenvalue weighted by Gasteiger charge is 2.14. The second kappa shape index (κ2) is 7.42. The number of hydrogen-bond acceptors (Lipinski definition) is 3. The quantitative estimate of drug-likeness (QED) is 0.578. The van der Waals surface area contributed by atoms with Crippen molar-refractivity contribution < 1.29 is 23.0 Å². The molecule has 0 radical (unpaired) electrons. The third-order valence-electron chi connectivity index (χ3n) is 3.17. The highest BCUT2D eigenvalue weighted by Crippen LogP contribution is 2.29. The van der Waals surface area contributed by atoms with E-state index in [0.717, 1.165) is 12.1 Å². The smallest absolute Gasteiger partial charge is 0.310 e. The standard InChI is InChI=1S/C17H15ClF2O3/c1-3-17(21)23-15-6-4-5-12(18)11(15)9-22-16-8-13(19)10(2)7-14(16)20/h4-8H,3,9H2,1-2H3. The molecule has 0 saturated heterocycles. The Hall–Kier alpha value is -2.14. The summed E-state index contributed by atoms with van der Waals surface area (Å²) < 4.78 is 37.8. The lowest BCUT2D eigenvalue weighted by Crippen LogP contribution is -2.09. The van der Waals surface area contributed by atoms with Crippen LogP contribution in [0.15, 0.2) is 30.3 Å². The first-order valence-corrected chi connectivity index (χ1v) is 7.36. The fraction of sp³-hybridized carbons (Fsp3) is 0.235. The Kier molecular flexibility index (Phi) is 5.55. The molecule has 0 aliphatic carbocycles. The van der Waals surface area contributed by atoms with E-state index in [4.69, 9.17) is 21.1 Å². The van der Waals surface area contributed by atoms with Crippen LogP contribution in [0.5, 0.6) is 11.5 Å². The number of hydrogen-bond donors (Lipinski definition) is 0. The summed E-state index contributed by atoms with van der Waals surface area (Å²) in [6, 6.07) is 6.80. The molecule has 0 fully saturated rings. The van der Waals surface area contributed by atoms with E-state index in [-0.39, 0.29) is 30.1 Å². The molecule has 0 heterocycles. The second-order valence-corrected chi connectivity index (χ2v) is 5.27. The van der Waals surface area contributed by atoms with Gasteiger partial charge in [0.2, 0.25) is 0 Å². The van der Waals surface area contributed by atoms with Gasteiger partial charge in [-0.3, -0.25) is 4.79 Å². The number of halogens is 3. The van der Waals surface area contributed by atoms with Crippen molar-refractivity contribution in [2.24, 2.45) is 0 Å². The molecule has 0 aliphatic rings. The maximum atomic E-state index is 13.8. The van der Waals surface area contributed by atoms with E-state index >= 15 is 0 Å². The molecule has 0 amide bonds. The SMILES string of the molecule is CCC(=O)Oc1cccc(Cl)c1COc1cc(F)c(C)cc1F. The molecular weight excluding hydrogens is 326 g/mol. The van der Waals surface area contributed by atoms with Crippen LogP contribution in [0.3, 0.4) is 0 Å². The summed E-state index contributed by atoms with van der Waals surface area (Å²) in [6.45, 7) is 2.96. The molecule has 0 saturated carbocycles. The molecule has 0 aliphatic heterocycles. The zero-order valence-corrected chi connectivity index (χ0v) is 13.4. The van der Waals surface area contributed by atoms with Gasteiger partial charge in [-0.05, 0) is 30.7 Å². The number of carbonyl (C=O) groups is 1. The van der Waals surface area contributed by atoms with E-state index in [9.17, 15) is 13.6 Å². The van der Waals surface area contributed by atoms with Crippen LogP contribution in [-0.4, -0.2) is 5.97 Å². The van der Waals surface area contributed by atoms with Gasteiger partial charge in [0.1, 0.15) is 18.2 Å². The largest absolute Gasteiger partial charge is 0.486 e. The van der Waals surface area contributed by atoms with Crippen LogP contribution in [0, 0.1) is 18.6 Å². The minimum absolute atomic E-state index is 0.161. The maximum Gasteiger partial charge on any atom is 0.310 e. The highest BCUT2D eigenvalue weighted by molar-refractivity contribution is 6.31. The Labute approximate surface area is 137 Å². The molecule has 2 rings (SSSR count). The summed E-state index contributed by atoms with van der Waals surface area (Å²) in [5.41, 5.74) is 0.571. The van der Waals surface area contributed by atoms with Crippen LogP contribution in [0.4, 0.5) is 8.78 Å². The van der Waals surface area contributed by atoms with Crippen molar-refractivity contribution in [3.63, 3.8) is 0 Å². The molecule has 0 N–H and O–H groups in total. The fourth-order valence-corrected chi connectivity index (χ4v) is 2.08. The normalized spacial score (nSPS) is 10.5. The summed E-state index contributed by atoms with van der Waals surface area (Å²) >= 11 is 6.08. The summed E-state index contributed by atoms with van der Waals surface area (Å²) in [5, 5.41) is 0.305. The number of esters is 1. The topological polar surface area (TPSA) is 35.5 Å². The molecule has 0 bridgehead atoms. The van der Waals surface area contributed by atoms with E-state index in [2.05, 4.69) is 0 Å². The van der Waals surface area contributed by atoms with Gasteiger partial charge in [0.15, 0.2) is 11.6 Å². The molecule has 2 aromatic carbocycles. The van der Waals surface area contributed by atoms with Crippen LogP contribution in [-0.2, 0) is 11.4 Å². The second-order valence-electron chi connectivity index (χ2n) is 4.86. The minimum atomic E-state index is -0.678. The van der Waals surface area contributed by atoms with E-state index < -0.39 is 17.6 Å². The minimum Gasteiger partial charge on any atom is -0.486 e. The van der Waals surface area contributed by atoms with Gasteiger partial charge in [-0.2, -0.15) is 0 Å². The van der Waals surface area contributed by atoms with Crippen molar-refractivity contribution in [2.45, 2.75) is 26.9 Å². The first-order chi connectivity index (χ1) is 10.9. The third-order valence-corrected chi connectivity index (χ3v) is 3.53. The van der Waals surface area contributed by atoms with Crippen molar-refractivity contribution in [3.05, 3.63) is 58.1 Å². The molecule has 0 atom stereocenters. The zero-order chi connectivity index (χ0) is 17.0. The van der Waals surface area contributed by atoms with Crippen LogP contribution in [0.25, 0.3) is 0 Å². The van der Waals surface area contributed by atoms with Crippen molar-refractivity contribution in [3.8, 4) is 11.5 Å². The van der Waals surface area contributed by atoms with Crippen LogP contribution in [0.1, 0.15) is 24.5 Å². The van der Waals surface area contributed by atoms with E-state index in [1.807, 2.05) is 0 Å². The van der Waals surface area contributed by atoms with Gasteiger partial charge in [0.05, 0.1) is 10.6 Å². The van der Waals surface area contributed by atoms with E-state index in [1.54, 1.807) is 25.1 Å². The van der Waals surface area contributed by atoms with Gasteiger partial charge < -0.3 is 9.47 Å². The molecule has 23 heavy (non-hydrogen) atoms. The summed E-state index contributed by atoms with van der Waals surface area (Å²) in [5.74, 6) is -1.68. The Bertz CT molecular complexity index is 732. The first-order valence-electron chi connectivity index (χ1n) is 6.99. The van der Waals surface area contributed by atoms with Gasteiger partial charge in [0, 0.05) is 12.5 Å². The van der Waals surface area contributed by atoms with Gasteiger partial charge in [-0.15, -0.1) is 0 Å². The molecule has 122 valence electrons.